The summed E-state index contributed by atoms with van der Waals surface area (Å²) in [7, 11) is 1.82. The highest BCUT2D eigenvalue weighted by molar-refractivity contribution is 9.10. The average Bonchev–Trinajstić information content (AvgIpc) is 2.60. The van der Waals surface area contributed by atoms with Crippen LogP contribution in [0.25, 0.3) is 0 Å². The molecule has 2 rings (SSSR count). The van der Waals surface area contributed by atoms with Crippen LogP contribution in [0.1, 0.15) is 11.3 Å². The minimum atomic E-state index is 0.374. The number of nitrogens with two attached hydrogens (primary N) is 1. The number of ether oxygens (including phenoxy) is 1. The molecule has 0 aliphatic carbocycles. The lowest BCUT2D eigenvalue weighted by atomic mass is 10.3. The highest BCUT2D eigenvalue weighted by Gasteiger charge is 2.09. The molecule has 0 aliphatic rings. The molecule has 6 heteroatoms. The molecular weight excluding hydrogens is 284 g/mol. The van der Waals surface area contributed by atoms with Crippen molar-refractivity contribution >= 4 is 15.9 Å². The average molecular weight is 297 g/mol. The number of hydrogen-bond donors (Lipinski definition) is 1. The number of halogens is 1. The van der Waals surface area contributed by atoms with Gasteiger partial charge in [-0.2, -0.15) is 5.10 Å². The summed E-state index contributed by atoms with van der Waals surface area (Å²) in [6.45, 7) is 2.28. The summed E-state index contributed by atoms with van der Waals surface area (Å²) >= 11 is 3.35. The molecule has 2 aromatic rings. The van der Waals surface area contributed by atoms with Gasteiger partial charge in [-0.3, -0.25) is 0 Å². The van der Waals surface area contributed by atoms with E-state index in [-0.39, 0.29) is 0 Å². The van der Waals surface area contributed by atoms with E-state index in [0.717, 1.165) is 15.7 Å². The lowest BCUT2D eigenvalue weighted by Crippen LogP contribution is -2.03. The zero-order chi connectivity index (χ0) is 12.4. The van der Waals surface area contributed by atoms with Gasteiger partial charge in [-0.1, -0.05) is 0 Å². The first-order chi connectivity index (χ1) is 8.10. The van der Waals surface area contributed by atoms with E-state index in [1.807, 2.05) is 26.1 Å². The van der Waals surface area contributed by atoms with Crippen LogP contribution in [0.3, 0.4) is 0 Å². The fourth-order valence-corrected chi connectivity index (χ4v) is 1.87. The van der Waals surface area contributed by atoms with Gasteiger partial charge in [-0.25, -0.2) is 9.67 Å². The Hall–Kier alpha value is -1.40. The van der Waals surface area contributed by atoms with Crippen molar-refractivity contribution in [1.29, 1.82) is 0 Å². The second kappa shape index (κ2) is 4.85. The lowest BCUT2D eigenvalue weighted by molar-refractivity contribution is 0.410. The van der Waals surface area contributed by atoms with Gasteiger partial charge in [-0.05, 0) is 28.9 Å². The van der Waals surface area contributed by atoms with Crippen LogP contribution in [0.5, 0.6) is 11.8 Å². The molecular formula is C11H13BrN4O. The largest absolute Gasteiger partial charge is 0.421 e. The first-order valence-electron chi connectivity index (χ1n) is 5.13. The third-order valence-electron chi connectivity index (χ3n) is 2.27. The Morgan fingerprint density at radius 2 is 2.24 bits per heavy atom. The van der Waals surface area contributed by atoms with Crippen LogP contribution < -0.4 is 10.5 Å². The van der Waals surface area contributed by atoms with Crippen molar-refractivity contribution < 1.29 is 4.74 Å². The molecule has 0 bridgehead atoms. The molecule has 0 atom stereocenters. The minimum absolute atomic E-state index is 0.374. The molecule has 0 radical (unpaired) electrons. The quantitative estimate of drug-likeness (QED) is 0.942. The first kappa shape index (κ1) is 12.1. The second-order valence-corrected chi connectivity index (χ2v) is 4.59. The SMILES string of the molecule is Cc1cc(Oc2ncc(Br)cc2CN)n(C)n1. The topological polar surface area (TPSA) is 66.0 Å². The fraction of sp³-hybridized carbons (Fsp3) is 0.273. The Balaban J connectivity index is 2.32. The molecule has 0 saturated carbocycles. The molecule has 0 aromatic carbocycles. The molecule has 2 aromatic heterocycles. The smallest absolute Gasteiger partial charge is 0.225 e. The Bertz CT molecular complexity index is 538. The van der Waals surface area contributed by atoms with Gasteiger partial charge in [0.2, 0.25) is 11.8 Å². The van der Waals surface area contributed by atoms with Gasteiger partial charge in [-0.15, -0.1) is 0 Å². The Labute approximate surface area is 108 Å². The van der Waals surface area contributed by atoms with E-state index in [1.165, 1.54) is 0 Å². The predicted molar refractivity (Wildman–Crippen MR) is 67.8 cm³/mol. The van der Waals surface area contributed by atoms with Gasteiger partial charge in [0, 0.05) is 35.9 Å². The van der Waals surface area contributed by atoms with Gasteiger partial charge in [0.05, 0.1) is 5.69 Å². The van der Waals surface area contributed by atoms with E-state index in [0.29, 0.717) is 18.3 Å². The van der Waals surface area contributed by atoms with Crippen molar-refractivity contribution in [1.82, 2.24) is 14.8 Å². The van der Waals surface area contributed by atoms with Crippen molar-refractivity contribution in [2.75, 3.05) is 0 Å². The van der Waals surface area contributed by atoms with E-state index in [1.54, 1.807) is 10.9 Å². The van der Waals surface area contributed by atoms with Crippen molar-refractivity contribution in [3.8, 4) is 11.8 Å². The van der Waals surface area contributed by atoms with Crippen molar-refractivity contribution in [3.05, 3.63) is 34.1 Å². The molecule has 0 amide bonds. The molecule has 0 unspecified atom stereocenters. The van der Waals surface area contributed by atoms with Crippen LogP contribution in [0.15, 0.2) is 22.8 Å². The second-order valence-electron chi connectivity index (χ2n) is 3.67. The molecule has 0 aliphatic heterocycles. The third-order valence-corrected chi connectivity index (χ3v) is 2.71. The fourth-order valence-electron chi connectivity index (χ4n) is 1.49. The molecule has 2 N–H and O–H groups in total. The van der Waals surface area contributed by atoms with Crippen LogP contribution >= 0.6 is 15.9 Å². The van der Waals surface area contributed by atoms with E-state index in [4.69, 9.17) is 10.5 Å². The third kappa shape index (κ3) is 2.65. The summed E-state index contributed by atoms with van der Waals surface area (Å²) in [6, 6.07) is 3.75. The summed E-state index contributed by atoms with van der Waals surface area (Å²) in [5, 5.41) is 4.20. The van der Waals surface area contributed by atoms with Crippen LogP contribution in [-0.2, 0) is 13.6 Å². The molecule has 0 fully saturated rings. The number of aryl methyl sites for hydroxylation is 2. The van der Waals surface area contributed by atoms with Gasteiger partial charge >= 0.3 is 0 Å². The van der Waals surface area contributed by atoms with Gasteiger partial charge in [0.15, 0.2) is 0 Å². The predicted octanol–water partition coefficient (Wildman–Crippen LogP) is 2.14. The van der Waals surface area contributed by atoms with E-state index >= 15 is 0 Å². The van der Waals surface area contributed by atoms with Crippen molar-refractivity contribution in [2.24, 2.45) is 12.8 Å². The summed E-state index contributed by atoms with van der Waals surface area (Å²) in [5.41, 5.74) is 7.40. The Morgan fingerprint density at radius 1 is 1.47 bits per heavy atom. The standard InChI is InChI=1S/C11H13BrN4O/c1-7-3-10(16(2)15-7)17-11-8(5-13)4-9(12)6-14-11/h3-4,6H,5,13H2,1-2H3. The first-order valence-corrected chi connectivity index (χ1v) is 5.92. The van der Waals surface area contributed by atoms with Gasteiger partial charge in [0.25, 0.3) is 0 Å². The lowest BCUT2D eigenvalue weighted by Gasteiger charge is -2.08. The number of nitrogens with zero attached hydrogens (tertiary/aromatic N) is 3. The Kier molecular flexibility index (Phi) is 3.44. The van der Waals surface area contributed by atoms with Crippen molar-refractivity contribution in [2.45, 2.75) is 13.5 Å². The normalized spacial score (nSPS) is 10.6. The van der Waals surface area contributed by atoms with Gasteiger partial charge < -0.3 is 10.5 Å². The summed E-state index contributed by atoms with van der Waals surface area (Å²) in [5.74, 6) is 1.16. The molecule has 0 spiro atoms. The highest BCUT2D eigenvalue weighted by atomic mass is 79.9. The highest BCUT2D eigenvalue weighted by Crippen LogP contribution is 2.25. The number of aromatic nitrogens is 3. The number of rotatable bonds is 3. The zero-order valence-electron chi connectivity index (χ0n) is 9.64. The summed E-state index contributed by atoms with van der Waals surface area (Å²) in [4.78, 5) is 4.20. The maximum atomic E-state index is 5.70. The monoisotopic (exact) mass is 296 g/mol. The number of pyridine rings is 1. The number of hydrogen-bond acceptors (Lipinski definition) is 4. The van der Waals surface area contributed by atoms with Gasteiger partial charge in [0.1, 0.15) is 0 Å². The maximum absolute atomic E-state index is 5.70. The molecule has 2 heterocycles. The summed E-state index contributed by atoms with van der Waals surface area (Å²) < 4.78 is 8.24. The van der Waals surface area contributed by atoms with Crippen LogP contribution in [-0.4, -0.2) is 14.8 Å². The Morgan fingerprint density at radius 3 is 2.82 bits per heavy atom. The molecule has 17 heavy (non-hydrogen) atoms. The van der Waals surface area contributed by atoms with E-state index < -0.39 is 0 Å². The minimum Gasteiger partial charge on any atom is -0.421 e. The molecule has 5 nitrogen and oxygen atoms in total. The van der Waals surface area contributed by atoms with Crippen LogP contribution in [0, 0.1) is 6.92 Å². The van der Waals surface area contributed by atoms with E-state index in [9.17, 15) is 0 Å². The summed E-state index contributed by atoms with van der Waals surface area (Å²) in [6.07, 6.45) is 1.68. The van der Waals surface area contributed by atoms with Crippen LogP contribution in [0.2, 0.25) is 0 Å². The maximum Gasteiger partial charge on any atom is 0.225 e. The molecule has 0 saturated heterocycles. The molecule has 90 valence electrons. The zero-order valence-corrected chi connectivity index (χ0v) is 11.2. The van der Waals surface area contributed by atoms with E-state index in [2.05, 4.69) is 26.0 Å². The van der Waals surface area contributed by atoms with Crippen molar-refractivity contribution in [3.63, 3.8) is 0 Å². The van der Waals surface area contributed by atoms with Crippen LogP contribution in [0.4, 0.5) is 0 Å².